The summed E-state index contributed by atoms with van der Waals surface area (Å²) in [6.45, 7) is 2.10. The van der Waals surface area contributed by atoms with Gasteiger partial charge in [0.15, 0.2) is 0 Å². The molecule has 2 fully saturated rings. The third kappa shape index (κ3) is 2.88. The monoisotopic (exact) mass is 337 g/mol. The fourth-order valence-electron chi connectivity index (χ4n) is 3.87. The number of aromatic nitrogens is 6. The Bertz CT molecular complexity index is 884. The minimum absolute atomic E-state index is 0.475. The molecule has 3 heterocycles. The molecular weight excluding hydrogens is 314 g/mol. The van der Waals surface area contributed by atoms with Gasteiger partial charge in [-0.3, -0.25) is 4.68 Å². The Balaban J connectivity index is 1.31. The zero-order valence-electron chi connectivity index (χ0n) is 14.5. The maximum absolute atomic E-state index is 4.65. The normalized spacial score (nSPS) is 23.9. The number of nitrogens with one attached hydrogen (secondary N) is 1. The van der Waals surface area contributed by atoms with Crippen LogP contribution < -0.4 is 5.32 Å². The molecule has 3 aromatic rings. The number of aryl methyl sites for hydroxylation is 1. The summed E-state index contributed by atoms with van der Waals surface area (Å²) < 4.78 is 3.95. The van der Waals surface area contributed by atoms with Gasteiger partial charge in [0.05, 0.1) is 23.6 Å². The van der Waals surface area contributed by atoms with Gasteiger partial charge in [0.1, 0.15) is 6.33 Å². The van der Waals surface area contributed by atoms with E-state index >= 15 is 0 Å². The first-order valence-electron chi connectivity index (χ1n) is 9.24. The number of anilines is 1. The zero-order valence-corrected chi connectivity index (χ0v) is 14.5. The lowest BCUT2D eigenvalue weighted by atomic mass is 9.91. The second-order valence-electron chi connectivity index (χ2n) is 7.50. The van der Waals surface area contributed by atoms with E-state index in [9.17, 15) is 0 Å². The molecule has 0 saturated heterocycles. The maximum atomic E-state index is 4.65. The van der Waals surface area contributed by atoms with Gasteiger partial charge in [0, 0.05) is 18.2 Å². The lowest BCUT2D eigenvalue weighted by Crippen LogP contribution is -2.28. The van der Waals surface area contributed by atoms with E-state index in [1.807, 2.05) is 10.7 Å². The minimum Gasteiger partial charge on any atom is -0.379 e. The average molecular weight is 337 g/mol. The zero-order chi connectivity index (χ0) is 16.8. The van der Waals surface area contributed by atoms with Crippen molar-refractivity contribution in [2.24, 2.45) is 0 Å². The van der Waals surface area contributed by atoms with Gasteiger partial charge in [-0.05, 0) is 57.1 Å². The van der Waals surface area contributed by atoms with Gasteiger partial charge in [-0.1, -0.05) is 0 Å². The number of rotatable bonds is 4. The Morgan fingerprint density at radius 1 is 1.12 bits per heavy atom. The summed E-state index contributed by atoms with van der Waals surface area (Å²) in [6.07, 6.45) is 12.9. The molecule has 0 radical (unpaired) electrons. The fraction of sp³-hybridized carbons (Fsp3) is 0.556. The molecule has 5 rings (SSSR count). The van der Waals surface area contributed by atoms with Crippen molar-refractivity contribution >= 4 is 11.3 Å². The Morgan fingerprint density at radius 3 is 2.68 bits per heavy atom. The van der Waals surface area contributed by atoms with Crippen molar-refractivity contribution in [1.82, 2.24) is 29.6 Å². The van der Waals surface area contributed by atoms with E-state index < -0.39 is 0 Å². The number of nitrogens with zero attached hydrogens (tertiary/aromatic N) is 6. The average Bonchev–Trinajstić information content (AvgIpc) is 3.21. The molecule has 2 saturated carbocycles. The predicted octanol–water partition coefficient (Wildman–Crippen LogP) is 3.10. The van der Waals surface area contributed by atoms with Crippen LogP contribution in [0.1, 0.15) is 61.7 Å². The minimum atomic E-state index is 0.475. The van der Waals surface area contributed by atoms with Crippen molar-refractivity contribution in [2.75, 3.05) is 5.32 Å². The molecule has 3 aromatic heterocycles. The van der Waals surface area contributed by atoms with Crippen LogP contribution in [0.3, 0.4) is 0 Å². The second kappa shape index (κ2) is 5.82. The highest BCUT2D eigenvalue weighted by Crippen LogP contribution is 2.40. The highest BCUT2D eigenvalue weighted by Gasteiger charge is 2.28. The Kier molecular flexibility index (Phi) is 3.46. The summed E-state index contributed by atoms with van der Waals surface area (Å²) in [5.41, 5.74) is 4.30. The van der Waals surface area contributed by atoms with Gasteiger partial charge < -0.3 is 5.32 Å². The molecule has 2 aliphatic carbocycles. The molecule has 0 amide bonds. The maximum Gasteiger partial charge on any atom is 0.200 e. The molecule has 1 N–H and O–H groups in total. The molecule has 0 unspecified atom stereocenters. The highest BCUT2D eigenvalue weighted by molar-refractivity contribution is 5.67. The standard InChI is InChI=1S/C18H23N7/c1-12-9-20-24(10-12)15-6-4-14(5-7-15)21-17-8-16(13-2-3-13)23-25-11-19-22-18(17)25/h8-11,13-15,21H,2-7H2,1H3. The van der Waals surface area contributed by atoms with Crippen molar-refractivity contribution in [3.63, 3.8) is 0 Å². The summed E-state index contributed by atoms with van der Waals surface area (Å²) in [5.74, 6) is 0.617. The molecular formula is C18H23N7. The Labute approximate surface area is 146 Å². The van der Waals surface area contributed by atoms with E-state index in [1.54, 1.807) is 6.33 Å². The van der Waals surface area contributed by atoms with E-state index in [0.717, 1.165) is 42.7 Å². The van der Waals surface area contributed by atoms with Gasteiger partial charge in [-0.2, -0.15) is 14.7 Å². The third-order valence-electron chi connectivity index (χ3n) is 5.44. The van der Waals surface area contributed by atoms with E-state index in [2.05, 4.69) is 49.6 Å². The topological polar surface area (TPSA) is 72.9 Å². The van der Waals surface area contributed by atoms with E-state index in [1.165, 1.54) is 18.4 Å². The smallest absolute Gasteiger partial charge is 0.200 e. The lowest BCUT2D eigenvalue weighted by Gasteiger charge is -2.30. The summed E-state index contributed by atoms with van der Waals surface area (Å²) in [6, 6.07) is 3.19. The molecule has 0 aliphatic heterocycles. The van der Waals surface area contributed by atoms with Gasteiger partial charge in [-0.25, -0.2) is 0 Å². The SMILES string of the molecule is Cc1cnn(C2CCC(Nc3cc(C4CC4)nn4cnnc34)CC2)c1. The van der Waals surface area contributed by atoms with Crippen LogP contribution in [0, 0.1) is 6.92 Å². The van der Waals surface area contributed by atoms with Gasteiger partial charge in [0.25, 0.3) is 0 Å². The number of hydrogen-bond donors (Lipinski definition) is 1. The lowest BCUT2D eigenvalue weighted by molar-refractivity contribution is 0.313. The van der Waals surface area contributed by atoms with Crippen molar-refractivity contribution in [2.45, 2.75) is 63.5 Å². The Hall–Kier alpha value is -2.44. The van der Waals surface area contributed by atoms with Crippen LogP contribution in [0.2, 0.25) is 0 Å². The van der Waals surface area contributed by atoms with E-state index in [4.69, 9.17) is 0 Å². The van der Waals surface area contributed by atoms with Crippen molar-refractivity contribution in [3.05, 3.63) is 36.0 Å². The predicted molar refractivity (Wildman–Crippen MR) is 94.6 cm³/mol. The molecule has 2 aliphatic rings. The molecule has 0 atom stereocenters. The largest absolute Gasteiger partial charge is 0.379 e. The third-order valence-corrected chi connectivity index (χ3v) is 5.44. The first-order chi connectivity index (χ1) is 12.3. The van der Waals surface area contributed by atoms with E-state index in [-0.39, 0.29) is 0 Å². The van der Waals surface area contributed by atoms with Gasteiger partial charge >= 0.3 is 0 Å². The summed E-state index contributed by atoms with van der Waals surface area (Å²) in [7, 11) is 0. The van der Waals surface area contributed by atoms with Crippen LogP contribution in [0.15, 0.2) is 24.8 Å². The Morgan fingerprint density at radius 2 is 1.96 bits per heavy atom. The van der Waals surface area contributed by atoms with Crippen molar-refractivity contribution in [1.29, 1.82) is 0 Å². The first-order valence-corrected chi connectivity index (χ1v) is 9.24. The molecule has 0 spiro atoms. The highest BCUT2D eigenvalue weighted by atomic mass is 15.4. The van der Waals surface area contributed by atoms with Crippen molar-refractivity contribution in [3.8, 4) is 0 Å². The summed E-state index contributed by atoms with van der Waals surface area (Å²) >= 11 is 0. The van der Waals surface area contributed by atoms with Crippen LogP contribution in [0.5, 0.6) is 0 Å². The number of hydrogen-bond acceptors (Lipinski definition) is 5. The molecule has 0 aromatic carbocycles. The second-order valence-corrected chi connectivity index (χ2v) is 7.50. The van der Waals surface area contributed by atoms with E-state index in [0.29, 0.717) is 18.0 Å². The van der Waals surface area contributed by atoms with Gasteiger partial charge in [-0.15, -0.1) is 10.2 Å². The number of fused-ring (bicyclic) bond motifs is 1. The summed E-state index contributed by atoms with van der Waals surface area (Å²) in [5, 5.41) is 21.1. The van der Waals surface area contributed by atoms with Crippen LogP contribution >= 0.6 is 0 Å². The quantitative estimate of drug-likeness (QED) is 0.792. The fourth-order valence-corrected chi connectivity index (χ4v) is 3.87. The van der Waals surface area contributed by atoms with Crippen molar-refractivity contribution < 1.29 is 0 Å². The van der Waals surface area contributed by atoms with Gasteiger partial charge in [0.2, 0.25) is 5.65 Å². The first kappa shape index (κ1) is 14.9. The summed E-state index contributed by atoms with van der Waals surface area (Å²) in [4.78, 5) is 0. The molecule has 0 bridgehead atoms. The van der Waals surface area contributed by atoms with Crippen LogP contribution in [-0.4, -0.2) is 35.6 Å². The van der Waals surface area contributed by atoms with Crippen LogP contribution in [-0.2, 0) is 0 Å². The molecule has 7 heteroatoms. The molecule has 7 nitrogen and oxygen atoms in total. The molecule has 130 valence electrons. The molecule has 25 heavy (non-hydrogen) atoms. The van der Waals surface area contributed by atoms with Crippen LogP contribution in [0.25, 0.3) is 5.65 Å². The van der Waals surface area contributed by atoms with Crippen LogP contribution in [0.4, 0.5) is 5.69 Å².